The molecule has 0 saturated carbocycles. The number of rotatable bonds is 35. The predicted molar refractivity (Wildman–Crippen MR) is 195 cm³/mol. The van der Waals surface area contributed by atoms with Crippen LogP contribution in [0.1, 0.15) is 195 Å². The van der Waals surface area contributed by atoms with E-state index in [2.05, 4.69) is 18.7 Å². The number of esters is 1. The molecule has 0 spiro atoms. The number of nitrogens with zero attached hydrogens (tertiary/aromatic N) is 1. The largest absolute Gasteiger partial charge is 0.462 e. The Morgan fingerprint density at radius 2 is 1.11 bits per heavy atom. The van der Waals surface area contributed by atoms with Gasteiger partial charge in [-0.25, -0.2) is 0 Å². The van der Waals surface area contributed by atoms with Crippen molar-refractivity contribution < 1.29 is 24.2 Å². The second kappa shape index (κ2) is 32.6. The Bertz CT molecular complexity index is 649. The summed E-state index contributed by atoms with van der Waals surface area (Å²) in [5, 5.41) is 9.51. The fourth-order valence-electron chi connectivity index (χ4n) is 6.07. The van der Waals surface area contributed by atoms with Crippen LogP contribution < -0.4 is 0 Å². The Hall–Kier alpha value is -0.980. The average molecular weight is 654 g/mol. The van der Waals surface area contributed by atoms with Crippen molar-refractivity contribution in [2.45, 2.75) is 207 Å². The Morgan fingerprint density at radius 3 is 1.59 bits per heavy atom. The highest BCUT2D eigenvalue weighted by Gasteiger charge is 2.16. The van der Waals surface area contributed by atoms with Crippen LogP contribution in [0.15, 0.2) is 0 Å². The molecule has 0 aliphatic rings. The number of aliphatic hydroxyl groups is 1. The van der Waals surface area contributed by atoms with Gasteiger partial charge in [0.1, 0.15) is 12.4 Å². The molecule has 46 heavy (non-hydrogen) atoms. The highest BCUT2D eigenvalue weighted by Crippen LogP contribution is 2.19. The van der Waals surface area contributed by atoms with Crippen molar-refractivity contribution in [3.05, 3.63) is 0 Å². The highest BCUT2D eigenvalue weighted by molar-refractivity contribution is 5.69. The zero-order valence-corrected chi connectivity index (χ0v) is 31.5. The normalized spacial score (nSPS) is 12.7. The lowest BCUT2D eigenvalue weighted by Gasteiger charge is -2.22. The number of ether oxygens (including phenoxy) is 2. The third-order valence-electron chi connectivity index (χ3n) is 9.05. The number of aliphatic hydroxyl groups excluding tert-OH is 1. The predicted octanol–water partition coefficient (Wildman–Crippen LogP) is 10.6. The van der Waals surface area contributed by atoms with Crippen LogP contribution in [0, 0.1) is 5.92 Å². The van der Waals surface area contributed by atoms with E-state index in [1.54, 1.807) is 0 Å². The lowest BCUT2D eigenvalue weighted by molar-refractivity contribution is -0.150. The van der Waals surface area contributed by atoms with Gasteiger partial charge in [-0.3, -0.25) is 4.79 Å². The molecule has 0 aromatic heterocycles. The Labute approximate surface area is 286 Å². The maximum absolute atomic E-state index is 12.7. The third kappa shape index (κ3) is 31.6. The molecular weight excluding hydrogens is 574 g/mol. The number of hydrogen-bond donors (Lipinski definition) is 1. The van der Waals surface area contributed by atoms with E-state index in [0.717, 1.165) is 96.5 Å². The van der Waals surface area contributed by atoms with Gasteiger partial charge >= 0.3 is 5.97 Å². The summed E-state index contributed by atoms with van der Waals surface area (Å²) in [5.74, 6) is 0.00786. The minimum atomic E-state index is -0.200. The van der Waals surface area contributed by atoms with E-state index in [4.69, 9.17) is 9.47 Å². The van der Waals surface area contributed by atoms with E-state index in [0.29, 0.717) is 13.0 Å². The zero-order valence-electron chi connectivity index (χ0n) is 31.5. The van der Waals surface area contributed by atoms with Crippen LogP contribution in [-0.4, -0.2) is 66.8 Å². The van der Waals surface area contributed by atoms with Crippen molar-refractivity contribution in [3.8, 4) is 0 Å². The van der Waals surface area contributed by atoms with Crippen molar-refractivity contribution >= 4 is 12.3 Å². The first-order valence-corrected chi connectivity index (χ1v) is 19.9. The topological polar surface area (TPSA) is 76.1 Å². The van der Waals surface area contributed by atoms with E-state index in [1.165, 1.54) is 83.5 Å². The van der Waals surface area contributed by atoms with Crippen molar-refractivity contribution in [1.29, 1.82) is 0 Å². The van der Waals surface area contributed by atoms with Crippen molar-refractivity contribution in [1.82, 2.24) is 4.90 Å². The van der Waals surface area contributed by atoms with Gasteiger partial charge in [0.2, 0.25) is 0 Å². The Kier molecular flexibility index (Phi) is 31.9. The molecule has 0 aliphatic carbocycles. The lowest BCUT2D eigenvalue weighted by Crippen LogP contribution is -2.29. The van der Waals surface area contributed by atoms with Gasteiger partial charge in [-0.2, -0.15) is 0 Å². The first kappa shape index (κ1) is 45.0. The Morgan fingerprint density at radius 1 is 0.652 bits per heavy atom. The van der Waals surface area contributed by atoms with Gasteiger partial charge in [0.25, 0.3) is 0 Å². The zero-order chi connectivity index (χ0) is 34.1. The molecule has 6 heteroatoms. The van der Waals surface area contributed by atoms with E-state index < -0.39 is 0 Å². The third-order valence-corrected chi connectivity index (χ3v) is 9.05. The van der Waals surface area contributed by atoms with Crippen LogP contribution in [0.3, 0.4) is 0 Å². The lowest BCUT2D eigenvalue weighted by atomic mass is 10.0. The van der Waals surface area contributed by atoms with E-state index >= 15 is 0 Å². The second-order valence-corrected chi connectivity index (χ2v) is 14.8. The van der Waals surface area contributed by atoms with Crippen LogP contribution in [0.4, 0.5) is 0 Å². The first-order chi connectivity index (χ1) is 22.3. The van der Waals surface area contributed by atoms with Gasteiger partial charge in [0.05, 0.1) is 18.8 Å². The molecule has 0 rings (SSSR count). The highest BCUT2D eigenvalue weighted by atomic mass is 16.5. The molecule has 0 bridgehead atoms. The minimum Gasteiger partial charge on any atom is -0.462 e. The van der Waals surface area contributed by atoms with Crippen LogP contribution in [0.2, 0.25) is 0 Å². The molecule has 0 radical (unpaired) electrons. The van der Waals surface area contributed by atoms with Gasteiger partial charge < -0.3 is 24.3 Å². The molecule has 1 atom stereocenters. The monoisotopic (exact) mass is 654 g/mol. The fraction of sp³-hybridized carbons (Fsp3) is 0.950. The summed E-state index contributed by atoms with van der Waals surface area (Å²) in [4.78, 5) is 26.4. The molecule has 1 unspecified atom stereocenters. The number of carbonyl (C=O) groups excluding carboxylic acids is 2. The molecule has 0 aliphatic heterocycles. The maximum atomic E-state index is 12.7. The molecule has 0 saturated heterocycles. The summed E-state index contributed by atoms with van der Waals surface area (Å²) in [6.07, 6.45) is 30.0. The van der Waals surface area contributed by atoms with Crippen LogP contribution in [0.5, 0.6) is 0 Å². The summed E-state index contributed by atoms with van der Waals surface area (Å²) >= 11 is 0. The molecule has 274 valence electrons. The van der Waals surface area contributed by atoms with Gasteiger partial charge in [-0.15, -0.1) is 0 Å². The van der Waals surface area contributed by atoms with Gasteiger partial charge in [-0.05, 0) is 85.2 Å². The second-order valence-electron chi connectivity index (χ2n) is 14.8. The van der Waals surface area contributed by atoms with E-state index in [9.17, 15) is 14.7 Å². The molecule has 0 amide bonds. The standard InChI is InChI=1S/C40H79NO5/c1-6-8-10-12-15-22-28-38(29-23-16-13-11-9-7-2)46-39(44)30-24-17-14-19-25-31-41(33-34-42)32-26-20-18-21-27-37(35-43)36-45-40(3,4)5/h35,37-38,42H,6-34,36H2,1-5H3. The number of carbonyl (C=O) groups is 2. The van der Waals surface area contributed by atoms with Crippen molar-refractivity contribution in [2.75, 3.05) is 32.8 Å². The van der Waals surface area contributed by atoms with Gasteiger partial charge in [-0.1, -0.05) is 117 Å². The van der Waals surface area contributed by atoms with Crippen LogP contribution in [0.25, 0.3) is 0 Å². The van der Waals surface area contributed by atoms with E-state index in [-0.39, 0.29) is 30.2 Å². The number of aldehydes is 1. The molecule has 0 fully saturated rings. The first-order valence-electron chi connectivity index (χ1n) is 19.9. The summed E-state index contributed by atoms with van der Waals surface area (Å²) in [7, 11) is 0. The summed E-state index contributed by atoms with van der Waals surface area (Å²) in [6, 6.07) is 0. The van der Waals surface area contributed by atoms with Crippen molar-refractivity contribution in [3.63, 3.8) is 0 Å². The molecule has 1 N–H and O–H groups in total. The molecule has 0 heterocycles. The molecule has 0 aromatic rings. The average Bonchev–Trinajstić information content (AvgIpc) is 3.02. The fourth-order valence-corrected chi connectivity index (χ4v) is 6.07. The molecule has 0 aromatic carbocycles. The van der Waals surface area contributed by atoms with Gasteiger partial charge in [0.15, 0.2) is 0 Å². The van der Waals surface area contributed by atoms with Crippen LogP contribution >= 0.6 is 0 Å². The molecular formula is C40H79NO5. The number of hydrogen-bond acceptors (Lipinski definition) is 6. The summed E-state index contributed by atoms with van der Waals surface area (Å²) in [6.45, 7) is 14.1. The van der Waals surface area contributed by atoms with Crippen molar-refractivity contribution in [2.24, 2.45) is 5.92 Å². The summed E-state index contributed by atoms with van der Waals surface area (Å²) in [5.41, 5.74) is -0.200. The quantitative estimate of drug-likeness (QED) is 0.0417. The summed E-state index contributed by atoms with van der Waals surface area (Å²) < 4.78 is 11.8. The minimum absolute atomic E-state index is 0.00233. The number of unbranched alkanes of at least 4 members (excludes halogenated alkanes) is 17. The van der Waals surface area contributed by atoms with E-state index in [1.807, 2.05) is 20.8 Å². The Balaban J connectivity index is 4.10. The smallest absolute Gasteiger partial charge is 0.306 e. The molecule has 6 nitrogen and oxygen atoms in total. The van der Waals surface area contributed by atoms with Gasteiger partial charge in [0, 0.05) is 18.9 Å². The maximum Gasteiger partial charge on any atom is 0.306 e. The SMILES string of the molecule is CCCCCCCCC(CCCCCCCC)OC(=O)CCCCCCCN(CCO)CCCCCCC(C=O)COC(C)(C)C. The van der Waals surface area contributed by atoms with Crippen LogP contribution in [-0.2, 0) is 19.1 Å².